The third kappa shape index (κ3) is 3.66. The lowest BCUT2D eigenvalue weighted by molar-refractivity contribution is 0.122. The standard InChI is InChI=1S/C23H26N6O4/c1-14-15(2)29-22(25-14)20-21(26-19(12-24-20)27-5-7-33-8-6-27)28(23(29)30)13-16-9-17(31-3)11-18(10-16)32-4/h9-12H,5-8,13H2,1-4H3. The van der Waals surface area contributed by atoms with E-state index in [2.05, 4.69) is 9.88 Å². The van der Waals surface area contributed by atoms with Gasteiger partial charge in [0, 0.05) is 24.8 Å². The van der Waals surface area contributed by atoms with Crippen molar-refractivity contribution in [1.82, 2.24) is 23.9 Å². The normalized spacial score (nSPS) is 14.2. The minimum atomic E-state index is -0.217. The molecule has 10 nitrogen and oxygen atoms in total. The van der Waals surface area contributed by atoms with Crippen molar-refractivity contribution in [3.8, 4) is 11.5 Å². The minimum Gasteiger partial charge on any atom is -0.497 e. The SMILES string of the molecule is COc1cc(Cn2c(=O)n3c(C)c(C)nc3c3ncc(N4CCOCC4)nc32)cc(OC)c1. The summed E-state index contributed by atoms with van der Waals surface area (Å²) < 4.78 is 19.5. The molecule has 5 rings (SSSR count). The highest BCUT2D eigenvalue weighted by Crippen LogP contribution is 2.25. The molecule has 10 heteroatoms. The van der Waals surface area contributed by atoms with Crippen LogP contribution >= 0.6 is 0 Å². The second-order valence-electron chi connectivity index (χ2n) is 8.03. The lowest BCUT2D eigenvalue weighted by Crippen LogP contribution is -2.37. The Kier molecular flexibility index (Phi) is 5.37. The molecule has 1 fully saturated rings. The van der Waals surface area contributed by atoms with Gasteiger partial charge in [-0.05, 0) is 31.5 Å². The molecule has 0 unspecified atom stereocenters. The van der Waals surface area contributed by atoms with Crippen molar-refractivity contribution >= 4 is 22.6 Å². The van der Waals surface area contributed by atoms with E-state index in [0.29, 0.717) is 47.3 Å². The molecule has 0 atom stereocenters. The molecule has 0 spiro atoms. The largest absolute Gasteiger partial charge is 0.497 e. The Morgan fingerprint density at radius 1 is 1.00 bits per heavy atom. The fraction of sp³-hybridized carbons (Fsp3) is 0.391. The first-order chi connectivity index (χ1) is 16.0. The van der Waals surface area contributed by atoms with Gasteiger partial charge in [-0.2, -0.15) is 0 Å². The number of ether oxygens (including phenoxy) is 3. The van der Waals surface area contributed by atoms with E-state index in [9.17, 15) is 4.79 Å². The number of hydrogen-bond acceptors (Lipinski definition) is 8. The van der Waals surface area contributed by atoms with Crippen molar-refractivity contribution in [2.75, 3.05) is 45.4 Å². The summed E-state index contributed by atoms with van der Waals surface area (Å²) in [5.74, 6) is 2.02. The van der Waals surface area contributed by atoms with Gasteiger partial charge in [-0.3, -0.25) is 4.57 Å². The summed E-state index contributed by atoms with van der Waals surface area (Å²) >= 11 is 0. The number of aryl methyl sites for hydroxylation is 2. The zero-order chi connectivity index (χ0) is 23.1. The molecule has 0 amide bonds. The predicted octanol–water partition coefficient (Wildman–Crippen LogP) is 1.96. The molecule has 172 valence electrons. The summed E-state index contributed by atoms with van der Waals surface area (Å²) in [6, 6.07) is 5.57. The summed E-state index contributed by atoms with van der Waals surface area (Å²) in [7, 11) is 3.20. The molecule has 3 aromatic heterocycles. The third-order valence-corrected chi connectivity index (χ3v) is 6.06. The second kappa shape index (κ2) is 8.36. The number of imidazole rings is 1. The number of fused-ring (bicyclic) bond motifs is 3. The first-order valence-corrected chi connectivity index (χ1v) is 10.8. The van der Waals surface area contributed by atoms with Crippen LogP contribution in [0, 0.1) is 13.8 Å². The van der Waals surface area contributed by atoms with Gasteiger partial charge in [-0.25, -0.2) is 24.1 Å². The van der Waals surface area contributed by atoms with Crippen molar-refractivity contribution in [3.05, 3.63) is 51.8 Å². The van der Waals surface area contributed by atoms with E-state index in [4.69, 9.17) is 24.2 Å². The topological polar surface area (TPSA) is 96.0 Å². The van der Waals surface area contributed by atoms with Gasteiger partial charge in [0.15, 0.2) is 11.3 Å². The number of morpholine rings is 1. The highest BCUT2D eigenvalue weighted by Gasteiger charge is 2.21. The second-order valence-corrected chi connectivity index (χ2v) is 8.03. The number of anilines is 1. The Morgan fingerprint density at radius 2 is 1.70 bits per heavy atom. The van der Waals surface area contributed by atoms with Crippen LogP contribution in [0.25, 0.3) is 16.8 Å². The van der Waals surface area contributed by atoms with E-state index in [0.717, 1.165) is 30.0 Å². The molecular formula is C23H26N6O4. The number of nitrogens with zero attached hydrogens (tertiary/aromatic N) is 6. The molecule has 1 aliphatic rings. The number of methoxy groups -OCH3 is 2. The van der Waals surface area contributed by atoms with Gasteiger partial charge in [0.1, 0.15) is 22.8 Å². The average molecular weight is 450 g/mol. The highest BCUT2D eigenvalue weighted by atomic mass is 16.5. The smallest absolute Gasteiger partial charge is 0.336 e. The van der Waals surface area contributed by atoms with Gasteiger partial charge >= 0.3 is 5.69 Å². The Morgan fingerprint density at radius 3 is 2.36 bits per heavy atom. The van der Waals surface area contributed by atoms with Gasteiger partial charge in [0.05, 0.1) is 45.9 Å². The monoisotopic (exact) mass is 450 g/mol. The van der Waals surface area contributed by atoms with Crippen LogP contribution in [0.15, 0.2) is 29.2 Å². The molecule has 0 N–H and O–H groups in total. The van der Waals surface area contributed by atoms with E-state index >= 15 is 0 Å². The Balaban J connectivity index is 1.75. The molecule has 0 radical (unpaired) electrons. The van der Waals surface area contributed by atoms with Gasteiger partial charge in [0.25, 0.3) is 0 Å². The van der Waals surface area contributed by atoms with Crippen LogP contribution in [-0.4, -0.2) is 64.4 Å². The summed E-state index contributed by atoms with van der Waals surface area (Å²) in [5.41, 5.74) is 3.79. The maximum Gasteiger partial charge on any atom is 0.336 e. The fourth-order valence-corrected chi connectivity index (χ4v) is 4.16. The first-order valence-electron chi connectivity index (χ1n) is 10.8. The Hall–Kier alpha value is -3.66. The van der Waals surface area contributed by atoms with Crippen molar-refractivity contribution in [3.63, 3.8) is 0 Å². The number of benzene rings is 1. The summed E-state index contributed by atoms with van der Waals surface area (Å²) in [4.78, 5) is 30.0. The lowest BCUT2D eigenvalue weighted by atomic mass is 10.2. The zero-order valence-corrected chi connectivity index (χ0v) is 19.2. The summed E-state index contributed by atoms with van der Waals surface area (Å²) in [5, 5.41) is 0. The van der Waals surface area contributed by atoms with E-state index in [1.165, 1.54) is 0 Å². The maximum absolute atomic E-state index is 13.7. The van der Waals surface area contributed by atoms with Crippen LogP contribution in [0.4, 0.5) is 5.82 Å². The molecule has 0 bridgehead atoms. The number of hydrogen-bond donors (Lipinski definition) is 0. The van der Waals surface area contributed by atoms with Gasteiger partial charge in [0.2, 0.25) is 0 Å². The van der Waals surface area contributed by atoms with Crippen molar-refractivity contribution in [1.29, 1.82) is 0 Å². The van der Waals surface area contributed by atoms with E-state index in [1.54, 1.807) is 35.5 Å². The average Bonchev–Trinajstić information content (AvgIpc) is 3.16. The lowest BCUT2D eigenvalue weighted by Gasteiger charge is -2.27. The Bertz CT molecular complexity index is 1380. The van der Waals surface area contributed by atoms with Crippen molar-refractivity contribution in [2.24, 2.45) is 0 Å². The van der Waals surface area contributed by atoms with Crippen LogP contribution in [0.5, 0.6) is 11.5 Å². The molecule has 1 aromatic carbocycles. The summed E-state index contributed by atoms with van der Waals surface area (Å²) in [6.45, 7) is 6.76. The molecule has 4 heterocycles. The van der Waals surface area contributed by atoms with Crippen molar-refractivity contribution in [2.45, 2.75) is 20.4 Å². The quantitative estimate of drug-likeness (QED) is 0.455. The highest BCUT2D eigenvalue weighted by molar-refractivity contribution is 5.86. The third-order valence-electron chi connectivity index (χ3n) is 6.06. The van der Waals surface area contributed by atoms with Crippen LogP contribution in [-0.2, 0) is 11.3 Å². The molecule has 33 heavy (non-hydrogen) atoms. The fourth-order valence-electron chi connectivity index (χ4n) is 4.16. The maximum atomic E-state index is 13.7. The molecule has 1 aliphatic heterocycles. The zero-order valence-electron chi connectivity index (χ0n) is 19.2. The number of rotatable bonds is 5. The van der Waals surface area contributed by atoms with E-state index in [-0.39, 0.29) is 12.2 Å². The Labute approximate surface area is 190 Å². The van der Waals surface area contributed by atoms with Gasteiger partial charge in [-0.15, -0.1) is 0 Å². The first kappa shape index (κ1) is 21.2. The molecule has 1 saturated heterocycles. The van der Waals surface area contributed by atoms with Crippen LogP contribution in [0.1, 0.15) is 17.0 Å². The predicted molar refractivity (Wildman–Crippen MR) is 124 cm³/mol. The van der Waals surface area contributed by atoms with Gasteiger partial charge < -0.3 is 19.1 Å². The molecule has 0 saturated carbocycles. The molecule has 0 aliphatic carbocycles. The molecule has 4 aromatic rings. The van der Waals surface area contributed by atoms with Crippen molar-refractivity contribution < 1.29 is 14.2 Å². The minimum absolute atomic E-state index is 0.217. The number of aromatic nitrogens is 5. The molecular weight excluding hydrogens is 424 g/mol. The van der Waals surface area contributed by atoms with E-state index < -0.39 is 0 Å². The van der Waals surface area contributed by atoms with Crippen LogP contribution in [0.2, 0.25) is 0 Å². The van der Waals surface area contributed by atoms with E-state index in [1.807, 2.05) is 26.0 Å². The summed E-state index contributed by atoms with van der Waals surface area (Å²) in [6.07, 6.45) is 1.75. The van der Waals surface area contributed by atoms with Crippen LogP contribution < -0.4 is 20.1 Å². The van der Waals surface area contributed by atoms with Gasteiger partial charge in [-0.1, -0.05) is 0 Å². The van der Waals surface area contributed by atoms with Crippen LogP contribution in [0.3, 0.4) is 0 Å².